The zero-order valence-electron chi connectivity index (χ0n) is 12.8. The lowest BCUT2D eigenvalue weighted by atomic mass is 9.75. The summed E-state index contributed by atoms with van der Waals surface area (Å²) in [5.74, 6) is 0. The van der Waals surface area contributed by atoms with Crippen LogP contribution < -0.4 is 10.6 Å². The van der Waals surface area contributed by atoms with Gasteiger partial charge in [0.25, 0.3) is 5.66 Å². The van der Waals surface area contributed by atoms with E-state index >= 15 is 0 Å². The van der Waals surface area contributed by atoms with Gasteiger partial charge in [-0.3, -0.25) is 5.21 Å². The number of hydrogen-bond acceptors (Lipinski definition) is 3. The van der Waals surface area contributed by atoms with Gasteiger partial charge >= 0.3 is 0 Å². The molecule has 2 aliphatic rings. The summed E-state index contributed by atoms with van der Waals surface area (Å²) in [6, 6.07) is 0. The van der Waals surface area contributed by atoms with Gasteiger partial charge in [-0.2, -0.15) is 0 Å². The molecule has 1 spiro atoms. The highest BCUT2D eigenvalue weighted by Gasteiger charge is 2.62. The molecule has 0 aromatic rings. The third-order valence-corrected chi connectivity index (χ3v) is 4.32. The summed E-state index contributed by atoms with van der Waals surface area (Å²) in [6.45, 7) is 15.1. The van der Waals surface area contributed by atoms with E-state index in [0.29, 0.717) is 0 Å². The predicted molar refractivity (Wildman–Crippen MR) is 73.2 cm³/mol. The lowest BCUT2D eigenvalue weighted by Gasteiger charge is -2.48. The van der Waals surface area contributed by atoms with Gasteiger partial charge < -0.3 is 5.32 Å². The van der Waals surface area contributed by atoms with Crippen molar-refractivity contribution in [1.82, 2.24) is 10.6 Å². The van der Waals surface area contributed by atoms with Crippen LogP contribution in [-0.2, 0) is 0 Å². The molecule has 1 saturated heterocycles. The molecule has 0 amide bonds. The van der Waals surface area contributed by atoms with E-state index in [1.165, 1.54) is 4.74 Å². The fourth-order valence-electron chi connectivity index (χ4n) is 4.08. The van der Waals surface area contributed by atoms with E-state index in [0.717, 1.165) is 18.6 Å². The number of hydroxylamine groups is 1. The van der Waals surface area contributed by atoms with Gasteiger partial charge in [-0.1, -0.05) is 0 Å². The molecule has 104 valence electrons. The second-order valence-corrected chi connectivity index (χ2v) is 7.93. The molecule has 3 N–H and O–H groups in total. The Bertz CT molecular complexity index is 391. The van der Waals surface area contributed by atoms with E-state index in [2.05, 4.69) is 52.2 Å². The summed E-state index contributed by atoms with van der Waals surface area (Å²) in [6.07, 6.45) is 1.75. The van der Waals surface area contributed by atoms with Crippen LogP contribution >= 0.6 is 0 Å². The molecular weight excluding hydrogens is 226 g/mol. The normalized spacial score (nSPS) is 31.9. The van der Waals surface area contributed by atoms with Crippen molar-refractivity contribution in [1.29, 1.82) is 0 Å². The first-order chi connectivity index (χ1) is 7.89. The van der Waals surface area contributed by atoms with E-state index in [1.54, 1.807) is 0 Å². The van der Waals surface area contributed by atoms with Crippen molar-refractivity contribution in [3.63, 3.8) is 0 Å². The third-order valence-electron chi connectivity index (χ3n) is 4.32. The lowest BCUT2D eigenvalue weighted by Crippen LogP contribution is -2.70. The Morgan fingerprint density at radius 1 is 0.944 bits per heavy atom. The first-order valence-corrected chi connectivity index (χ1v) is 6.81. The van der Waals surface area contributed by atoms with Gasteiger partial charge in [0, 0.05) is 30.8 Å². The van der Waals surface area contributed by atoms with Crippen LogP contribution in [0.25, 0.3) is 0 Å². The molecule has 18 heavy (non-hydrogen) atoms. The number of rotatable bonds is 0. The van der Waals surface area contributed by atoms with Gasteiger partial charge in [0.15, 0.2) is 0 Å². The van der Waals surface area contributed by atoms with Crippen molar-refractivity contribution in [2.45, 2.75) is 83.6 Å². The predicted octanol–water partition coefficient (Wildman–Crippen LogP) is 1.87. The SMILES string of the molecule is CC1=[N+](O)C2(CC(C)(C)NC(C)(C)C2)NC1(C)C. The Balaban J connectivity index is 2.45. The van der Waals surface area contributed by atoms with Crippen molar-refractivity contribution < 1.29 is 9.95 Å². The summed E-state index contributed by atoms with van der Waals surface area (Å²) in [7, 11) is 0. The van der Waals surface area contributed by atoms with Crippen LogP contribution in [0.2, 0.25) is 0 Å². The van der Waals surface area contributed by atoms with Crippen LogP contribution in [0.3, 0.4) is 0 Å². The molecule has 2 aliphatic heterocycles. The Labute approximate surface area is 110 Å². The van der Waals surface area contributed by atoms with Crippen LogP contribution in [0.15, 0.2) is 0 Å². The summed E-state index contributed by atoms with van der Waals surface area (Å²) in [5.41, 5.74) is 0.479. The molecule has 0 radical (unpaired) electrons. The molecule has 4 nitrogen and oxygen atoms in total. The molecule has 0 atom stereocenters. The van der Waals surface area contributed by atoms with Crippen LogP contribution in [0.4, 0.5) is 0 Å². The number of nitrogens with one attached hydrogen (secondary N) is 2. The zero-order chi connectivity index (χ0) is 14.0. The number of nitrogens with zero attached hydrogens (tertiary/aromatic N) is 1. The largest absolute Gasteiger partial charge is 0.306 e. The lowest BCUT2D eigenvalue weighted by molar-refractivity contribution is -0.828. The van der Waals surface area contributed by atoms with Gasteiger partial charge in [0.1, 0.15) is 5.54 Å². The van der Waals surface area contributed by atoms with Crippen LogP contribution in [0, 0.1) is 0 Å². The highest BCUT2D eigenvalue weighted by Crippen LogP contribution is 2.40. The van der Waals surface area contributed by atoms with Crippen LogP contribution in [-0.4, -0.2) is 37.9 Å². The Morgan fingerprint density at radius 3 is 1.72 bits per heavy atom. The quantitative estimate of drug-likeness (QED) is 0.457. The molecule has 0 aromatic carbocycles. The molecule has 2 heterocycles. The molecule has 1 fully saturated rings. The zero-order valence-corrected chi connectivity index (χ0v) is 12.8. The minimum absolute atomic E-state index is 0.00354. The van der Waals surface area contributed by atoms with Gasteiger partial charge in [-0.05, 0) is 46.3 Å². The minimum Gasteiger partial charge on any atom is -0.306 e. The average molecular weight is 254 g/mol. The highest BCUT2D eigenvalue weighted by atomic mass is 16.5. The van der Waals surface area contributed by atoms with Crippen LogP contribution in [0.5, 0.6) is 0 Å². The summed E-state index contributed by atoms with van der Waals surface area (Å²) >= 11 is 0. The molecular formula is C14H28N3O+. The van der Waals surface area contributed by atoms with E-state index in [-0.39, 0.29) is 22.3 Å². The van der Waals surface area contributed by atoms with Gasteiger partial charge in [-0.25, -0.2) is 5.32 Å². The Kier molecular flexibility index (Phi) is 2.67. The first kappa shape index (κ1) is 13.8. The van der Waals surface area contributed by atoms with Gasteiger partial charge in [0.05, 0.1) is 0 Å². The van der Waals surface area contributed by atoms with Crippen molar-refractivity contribution >= 4 is 5.71 Å². The molecule has 0 aromatic heterocycles. The van der Waals surface area contributed by atoms with Crippen molar-refractivity contribution in [2.24, 2.45) is 0 Å². The standard InChI is InChI=1S/C14H28N3O/c1-10-13(6,7)16-14(17(10)18)8-11(2,3)15-12(4,5)9-14/h15-16,18H,8-9H2,1-7H3/q+1. The van der Waals surface area contributed by atoms with Crippen molar-refractivity contribution in [3.05, 3.63) is 0 Å². The maximum atomic E-state index is 10.6. The highest BCUT2D eigenvalue weighted by molar-refractivity contribution is 5.87. The number of piperidine rings is 1. The second-order valence-electron chi connectivity index (χ2n) is 7.93. The molecule has 0 bridgehead atoms. The topological polar surface area (TPSA) is 47.3 Å². The Morgan fingerprint density at radius 2 is 1.39 bits per heavy atom. The Hall–Kier alpha value is -0.610. The maximum Gasteiger partial charge on any atom is 0.268 e. The van der Waals surface area contributed by atoms with Crippen molar-refractivity contribution in [3.8, 4) is 0 Å². The van der Waals surface area contributed by atoms with Crippen LogP contribution in [0.1, 0.15) is 61.3 Å². The fourth-order valence-corrected chi connectivity index (χ4v) is 4.08. The van der Waals surface area contributed by atoms with E-state index in [9.17, 15) is 5.21 Å². The minimum atomic E-state index is -0.355. The average Bonchev–Trinajstić information content (AvgIpc) is 2.21. The summed E-state index contributed by atoms with van der Waals surface area (Å²) < 4.78 is 1.48. The summed E-state index contributed by atoms with van der Waals surface area (Å²) in [4.78, 5) is 0. The van der Waals surface area contributed by atoms with Gasteiger partial charge in [0.2, 0.25) is 5.71 Å². The maximum absolute atomic E-state index is 10.6. The third kappa shape index (κ3) is 2.05. The second kappa shape index (κ2) is 3.48. The molecule has 0 unspecified atom stereocenters. The monoisotopic (exact) mass is 254 g/mol. The van der Waals surface area contributed by atoms with E-state index in [4.69, 9.17) is 0 Å². The fraction of sp³-hybridized carbons (Fsp3) is 0.929. The van der Waals surface area contributed by atoms with E-state index in [1.807, 2.05) is 6.92 Å². The molecule has 4 heteroatoms. The smallest absolute Gasteiger partial charge is 0.268 e. The van der Waals surface area contributed by atoms with E-state index < -0.39 is 0 Å². The summed E-state index contributed by atoms with van der Waals surface area (Å²) in [5, 5.41) is 17.9. The molecule has 0 aliphatic carbocycles. The van der Waals surface area contributed by atoms with Gasteiger partial charge in [-0.15, -0.1) is 0 Å². The van der Waals surface area contributed by atoms with Crippen molar-refractivity contribution in [2.75, 3.05) is 0 Å². The first-order valence-electron chi connectivity index (χ1n) is 6.81. The molecule has 2 rings (SSSR count). The molecule has 0 saturated carbocycles. The number of hydrogen-bond donors (Lipinski definition) is 3.